The highest BCUT2D eigenvalue weighted by Gasteiger charge is 2.31. The van der Waals surface area contributed by atoms with Crippen molar-refractivity contribution in [3.63, 3.8) is 0 Å². The minimum atomic E-state index is -2.99. The highest BCUT2D eigenvalue weighted by atomic mass is 32.2. The van der Waals surface area contributed by atoms with Crippen molar-refractivity contribution in [1.29, 1.82) is 0 Å². The van der Waals surface area contributed by atoms with Crippen molar-refractivity contribution in [2.24, 2.45) is 0 Å². The first-order valence-electron chi connectivity index (χ1n) is 5.79. The Morgan fingerprint density at radius 3 is 2.25 bits per heavy atom. The third kappa shape index (κ3) is 5.82. The summed E-state index contributed by atoms with van der Waals surface area (Å²) in [5, 5.41) is 3.30. The normalized spacial score (nSPS) is 13.4. The number of likely N-dealkylation sites (N-methyl/N-ethyl adjacent to an activating group) is 1. The molecule has 0 radical (unpaired) electrons. The summed E-state index contributed by atoms with van der Waals surface area (Å²) in [5.41, 5.74) is 0. The number of sulfone groups is 1. The van der Waals surface area contributed by atoms with Crippen LogP contribution < -0.4 is 5.32 Å². The minimum absolute atomic E-state index is 0.569. The second kappa shape index (κ2) is 6.57. The molecule has 98 valence electrons. The highest BCUT2D eigenvalue weighted by Crippen LogP contribution is 2.15. The van der Waals surface area contributed by atoms with E-state index < -0.39 is 14.6 Å². The molecule has 0 spiro atoms. The maximum atomic E-state index is 11.5. The molecule has 0 saturated heterocycles. The summed E-state index contributed by atoms with van der Waals surface area (Å²) in [5.74, 6) is 0. The summed E-state index contributed by atoms with van der Waals surface area (Å²) in [6.07, 6.45) is 2.43. The van der Waals surface area contributed by atoms with Crippen molar-refractivity contribution in [2.45, 2.75) is 31.9 Å². The van der Waals surface area contributed by atoms with Crippen LogP contribution in [0.3, 0.4) is 0 Å². The maximum Gasteiger partial charge on any atom is 0.153 e. The molecule has 0 aromatic heterocycles. The molecular formula is C11H26N2O2S. The molecular weight excluding hydrogens is 224 g/mol. The molecule has 0 aliphatic carbocycles. The molecule has 0 unspecified atom stereocenters. The monoisotopic (exact) mass is 250 g/mol. The lowest BCUT2D eigenvalue weighted by Crippen LogP contribution is -2.44. The Morgan fingerprint density at radius 2 is 1.81 bits per heavy atom. The Hall–Kier alpha value is -0.130. The SMILES string of the molecule is CCCNCCN(C)CC(C)(C)S(C)(=O)=O. The molecule has 0 aliphatic rings. The fourth-order valence-corrected chi connectivity index (χ4v) is 1.87. The highest BCUT2D eigenvalue weighted by molar-refractivity contribution is 7.92. The largest absolute Gasteiger partial charge is 0.315 e. The van der Waals surface area contributed by atoms with Crippen molar-refractivity contribution in [1.82, 2.24) is 10.2 Å². The lowest BCUT2D eigenvalue weighted by atomic mass is 10.2. The van der Waals surface area contributed by atoms with Gasteiger partial charge in [0, 0.05) is 25.9 Å². The summed E-state index contributed by atoms with van der Waals surface area (Å²) in [6.45, 7) is 9.05. The Bertz CT molecular complexity index is 286. The molecule has 0 aromatic carbocycles. The number of nitrogens with zero attached hydrogens (tertiary/aromatic N) is 1. The molecule has 1 N–H and O–H groups in total. The van der Waals surface area contributed by atoms with Gasteiger partial charge in [-0.2, -0.15) is 0 Å². The van der Waals surface area contributed by atoms with Crippen LogP contribution in [0, 0.1) is 0 Å². The zero-order chi connectivity index (χ0) is 12.8. The second-order valence-electron chi connectivity index (χ2n) is 5.02. The van der Waals surface area contributed by atoms with Crippen molar-refractivity contribution in [2.75, 3.05) is 39.5 Å². The number of hydrogen-bond donors (Lipinski definition) is 1. The summed E-state index contributed by atoms with van der Waals surface area (Å²) in [6, 6.07) is 0. The molecule has 0 saturated carbocycles. The van der Waals surface area contributed by atoms with Gasteiger partial charge in [0.05, 0.1) is 4.75 Å². The lowest BCUT2D eigenvalue weighted by molar-refractivity contribution is 0.302. The van der Waals surface area contributed by atoms with E-state index in [1.807, 2.05) is 7.05 Å². The first kappa shape index (κ1) is 15.9. The van der Waals surface area contributed by atoms with E-state index in [-0.39, 0.29) is 0 Å². The van der Waals surface area contributed by atoms with Crippen LogP contribution in [0.15, 0.2) is 0 Å². The van der Waals surface area contributed by atoms with Crippen molar-refractivity contribution in [3.05, 3.63) is 0 Å². The summed E-state index contributed by atoms with van der Waals surface area (Å²) < 4.78 is 22.4. The van der Waals surface area contributed by atoms with Gasteiger partial charge in [0.15, 0.2) is 9.84 Å². The molecule has 0 atom stereocenters. The summed E-state index contributed by atoms with van der Waals surface area (Å²) in [7, 11) is -1.04. The van der Waals surface area contributed by atoms with E-state index in [2.05, 4.69) is 17.1 Å². The summed E-state index contributed by atoms with van der Waals surface area (Å²) >= 11 is 0. The van der Waals surface area contributed by atoms with Gasteiger partial charge in [0.1, 0.15) is 0 Å². The Kier molecular flexibility index (Phi) is 6.51. The van der Waals surface area contributed by atoms with E-state index in [1.54, 1.807) is 13.8 Å². The van der Waals surface area contributed by atoms with E-state index in [9.17, 15) is 8.42 Å². The van der Waals surface area contributed by atoms with E-state index in [0.29, 0.717) is 6.54 Å². The molecule has 0 bridgehead atoms. The van der Waals surface area contributed by atoms with Gasteiger partial charge < -0.3 is 10.2 Å². The van der Waals surface area contributed by atoms with Gasteiger partial charge in [0.2, 0.25) is 0 Å². The van der Waals surface area contributed by atoms with Gasteiger partial charge in [-0.15, -0.1) is 0 Å². The van der Waals surface area contributed by atoms with E-state index in [4.69, 9.17) is 0 Å². The minimum Gasteiger partial charge on any atom is -0.315 e. The number of nitrogens with one attached hydrogen (secondary N) is 1. The van der Waals surface area contributed by atoms with Crippen LogP contribution in [-0.2, 0) is 9.84 Å². The second-order valence-corrected chi connectivity index (χ2v) is 7.67. The zero-order valence-electron chi connectivity index (χ0n) is 11.2. The molecule has 0 amide bonds. The Balaban J connectivity index is 4.00. The topological polar surface area (TPSA) is 49.4 Å². The molecule has 4 nitrogen and oxygen atoms in total. The first-order chi connectivity index (χ1) is 7.20. The van der Waals surface area contributed by atoms with E-state index in [1.165, 1.54) is 6.26 Å². The third-order valence-electron chi connectivity index (χ3n) is 2.75. The van der Waals surface area contributed by atoms with E-state index in [0.717, 1.165) is 26.1 Å². The van der Waals surface area contributed by atoms with Crippen LogP contribution >= 0.6 is 0 Å². The van der Waals surface area contributed by atoms with Crippen molar-refractivity contribution < 1.29 is 8.42 Å². The van der Waals surface area contributed by atoms with Gasteiger partial charge >= 0.3 is 0 Å². The molecule has 5 heteroatoms. The van der Waals surface area contributed by atoms with Crippen LogP contribution in [0.1, 0.15) is 27.2 Å². The fraction of sp³-hybridized carbons (Fsp3) is 1.00. The van der Waals surface area contributed by atoms with Crippen LogP contribution in [0.2, 0.25) is 0 Å². The molecule has 0 rings (SSSR count). The zero-order valence-corrected chi connectivity index (χ0v) is 12.0. The quantitative estimate of drug-likeness (QED) is 0.646. The van der Waals surface area contributed by atoms with Gasteiger partial charge in [-0.3, -0.25) is 0 Å². The van der Waals surface area contributed by atoms with Crippen LogP contribution in [-0.4, -0.2) is 57.5 Å². The average molecular weight is 250 g/mol. The van der Waals surface area contributed by atoms with Gasteiger partial charge in [-0.25, -0.2) is 8.42 Å². The first-order valence-corrected chi connectivity index (χ1v) is 7.68. The van der Waals surface area contributed by atoms with Crippen molar-refractivity contribution >= 4 is 9.84 Å². The molecule has 0 aliphatic heterocycles. The fourth-order valence-electron chi connectivity index (χ4n) is 1.42. The number of hydrogen-bond acceptors (Lipinski definition) is 4. The maximum absolute atomic E-state index is 11.5. The van der Waals surface area contributed by atoms with Gasteiger partial charge in [-0.05, 0) is 33.9 Å². The van der Waals surface area contributed by atoms with Crippen LogP contribution in [0.25, 0.3) is 0 Å². The van der Waals surface area contributed by atoms with Crippen LogP contribution in [0.5, 0.6) is 0 Å². The van der Waals surface area contributed by atoms with Gasteiger partial charge in [0.25, 0.3) is 0 Å². The Morgan fingerprint density at radius 1 is 1.25 bits per heavy atom. The van der Waals surface area contributed by atoms with E-state index >= 15 is 0 Å². The molecule has 16 heavy (non-hydrogen) atoms. The predicted octanol–water partition coefficient (Wildman–Crippen LogP) is 0.741. The predicted molar refractivity (Wildman–Crippen MR) is 69.6 cm³/mol. The lowest BCUT2D eigenvalue weighted by Gasteiger charge is -2.28. The molecule has 0 heterocycles. The molecule has 0 fully saturated rings. The average Bonchev–Trinajstić information content (AvgIpc) is 2.10. The van der Waals surface area contributed by atoms with Gasteiger partial charge in [-0.1, -0.05) is 6.92 Å². The summed E-state index contributed by atoms with van der Waals surface area (Å²) in [4.78, 5) is 2.06. The van der Waals surface area contributed by atoms with Crippen LogP contribution in [0.4, 0.5) is 0 Å². The van der Waals surface area contributed by atoms with Crippen molar-refractivity contribution in [3.8, 4) is 0 Å². The smallest absolute Gasteiger partial charge is 0.153 e. The Labute approximate surface area is 100 Å². The third-order valence-corrected chi connectivity index (χ3v) is 4.89. The standard InChI is InChI=1S/C11H26N2O2S/c1-6-7-12-8-9-13(4)10-11(2,3)16(5,14)15/h12H,6-10H2,1-5H3. The molecule has 0 aromatic rings. The number of rotatable bonds is 8.